The van der Waals surface area contributed by atoms with E-state index >= 15 is 0 Å². The van der Waals surface area contributed by atoms with Gasteiger partial charge in [0.15, 0.2) is 0 Å². The molecule has 0 saturated heterocycles. The van der Waals surface area contributed by atoms with E-state index in [4.69, 9.17) is 9.05 Å². The van der Waals surface area contributed by atoms with Crippen molar-refractivity contribution in [2.24, 2.45) is 0 Å². The first-order valence-corrected chi connectivity index (χ1v) is 21.4. The van der Waals surface area contributed by atoms with E-state index in [0.29, 0.717) is 13.2 Å². The largest absolute Gasteiger partial charge is 0.472 e. The Hall–Kier alpha value is 0.0700. The zero-order chi connectivity index (χ0) is 32.2. The fourth-order valence-electron chi connectivity index (χ4n) is 6.05. The first-order chi connectivity index (χ1) is 21.6. The second-order valence-corrected chi connectivity index (χ2v) is 15.0. The molecule has 0 amide bonds. The second-order valence-electron chi connectivity index (χ2n) is 13.5. The van der Waals surface area contributed by atoms with E-state index in [0.717, 1.165) is 25.7 Å². The summed E-state index contributed by atoms with van der Waals surface area (Å²) in [5.41, 5.74) is 0. The molecule has 44 heavy (non-hydrogen) atoms. The van der Waals surface area contributed by atoms with Crippen molar-refractivity contribution in [2.75, 3.05) is 32.8 Å². The van der Waals surface area contributed by atoms with Crippen molar-refractivity contribution in [3.63, 3.8) is 0 Å². The van der Waals surface area contributed by atoms with Gasteiger partial charge in [0, 0.05) is 0 Å². The van der Waals surface area contributed by atoms with Crippen molar-refractivity contribution in [1.29, 1.82) is 0 Å². The van der Waals surface area contributed by atoms with Crippen molar-refractivity contribution in [2.45, 2.75) is 213 Å². The molecular weight excluding hydrogens is 565 g/mol. The molecular formula is C38H80NO4P. The Bertz CT molecular complexity index is 575. The van der Waals surface area contributed by atoms with E-state index in [-0.39, 0.29) is 0 Å². The molecule has 0 spiro atoms. The molecule has 0 saturated carbocycles. The summed E-state index contributed by atoms with van der Waals surface area (Å²) < 4.78 is 22.3. The van der Waals surface area contributed by atoms with Crippen LogP contribution in [-0.2, 0) is 13.6 Å². The number of nitrogens with zero attached hydrogens (tertiary/aromatic N) is 1. The van der Waals surface area contributed by atoms with Gasteiger partial charge in [-0.2, -0.15) is 0 Å². The number of unbranched alkanes of at least 4 members (excludes halogenated alkanes) is 26. The number of phosphoric ester groups is 1. The Balaban J connectivity index is 3.66. The standard InChI is InChI=1S/C38H80NO4P/c1-4-7-10-13-22-27-32-37-42-44(40,41)43-38-33-28-23-20-18-16-17-19-21-26-31-36-39(34-29-24-14-11-8-5-2)35-30-25-15-12-9-6-3/h4-38H2,1-3H3,(H,40,41). The van der Waals surface area contributed by atoms with Crippen molar-refractivity contribution in [3.05, 3.63) is 0 Å². The Labute approximate surface area is 277 Å². The molecule has 0 heterocycles. The van der Waals surface area contributed by atoms with Crippen LogP contribution in [0, 0.1) is 0 Å². The molecule has 1 unspecified atom stereocenters. The lowest BCUT2D eigenvalue weighted by Crippen LogP contribution is -2.27. The topological polar surface area (TPSA) is 59.0 Å². The normalized spacial score (nSPS) is 13.2. The predicted molar refractivity (Wildman–Crippen MR) is 194 cm³/mol. The molecule has 0 aromatic carbocycles. The van der Waals surface area contributed by atoms with Crippen LogP contribution in [0.5, 0.6) is 0 Å². The lowest BCUT2D eigenvalue weighted by molar-refractivity contribution is 0.145. The summed E-state index contributed by atoms with van der Waals surface area (Å²) in [6.07, 6.45) is 38.9. The maximum Gasteiger partial charge on any atom is 0.472 e. The van der Waals surface area contributed by atoms with Gasteiger partial charge in [-0.3, -0.25) is 9.05 Å². The minimum absolute atomic E-state index is 0.318. The van der Waals surface area contributed by atoms with Gasteiger partial charge in [0.2, 0.25) is 0 Å². The van der Waals surface area contributed by atoms with E-state index in [1.54, 1.807) is 0 Å². The zero-order valence-corrected chi connectivity index (χ0v) is 31.2. The van der Waals surface area contributed by atoms with Gasteiger partial charge in [-0.15, -0.1) is 0 Å². The molecule has 0 bridgehead atoms. The molecule has 0 aromatic rings. The SMILES string of the molecule is CCCCCCCCCOP(=O)(O)OCCCCCCCCCCCCCN(CCCCCCCC)CCCCCCCC. The zero-order valence-electron chi connectivity index (χ0n) is 30.3. The first kappa shape index (κ1) is 44.1. The third kappa shape index (κ3) is 34.9. The van der Waals surface area contributed by atoms with Gasteiger partial charge in [0.1, 0.15) is 0 Å². The third-order valence-corrected chi connectivity index (χ3v) is 10.0. The van der Waals surface area contributed by atoms with E-state index in [9.17, 15) is 9.46 Å². The van der Waals surface area contributed by atoms with Gasteiger partial charge >= 0.3 is 7.82 Å². The maximum absolute atomic E-state index is 12.0. The fraction of sp³-hybridized carbons (Fsp3) is 1.00. The van der Waals surface area contributed by atoms with E-state index in [1.807, 2.05) is 0 Å². The highest BCUT2D eigenvalue weighted by Crippen LogP contribution is 2.43. The van der Waals surface area contributed by atoms with E-state index in [1.165, 1.54) is 187 Å². The summed E-state index contributed by atoms with van der Waals surface area (Å²) in [6, 6.07) is 0. The van der Waals surface area contributed by atoms with Gasteiger partial charge in [-0.1, -0.05) is 181 Å². The lowest BCUT2D eigenvalue weighted by atomic mass is 10.1. The van der Waals surface area contributed by atoms with Gasteiger partial charge in [0.05, 0.1) is 13.2 Å². The highest BCUT2D eigenvalue weighted by atomic mass is 31.2. The predicted octanol–water partition coefficient (Wildman–Crippen LogP) is 13.2. The first-order valence-electron chi connectivity index (χ1n) is 19.9. The quantitative estimate of drug-likeness (QED) is 0.0535. The Morgan fingerprint density at radius 1 is 0.386 bits per heavy atom. The smallest absolute Gasteiger partial charge is 0.303 e. The van der Waals surface area contributed by atoms with Crippen molar-refractivity contribution < 1.29 is 18.5 Å². The van der Waals surface area contributed by atoms with Crippen LogP contribution in [0.25, 0.3) is 0 Å². The van der Waals surface area contributed by atoms with Gasteiger partial charge in [0.25, 0.3) is 0 Å². The maximum atomic E-state index is 12.0. The molecule has 0 rings (SSSR count). The van der Waals surface area contributed by atoms with Crippen LogP contribution in [0.15, 0.2) is 0 Å². The molecule has 0 aliphatic heterocycles. The molecule has 0 radical (unpaired) electrons. The lowest BCUT2D eigenvalue weighted by Gasteiger charge is -2.22. The van der Waals surface area contributed by atoms with E-state index in [2.05, 4.69) is 25.7 Å². The van der Waals surface area contributed by atoms with Crippen LogP contribution < -0.4 is 0 Å². The van der Waals surface area contributed by atoms with Crippen molar-refractivity contribution in [3.8, 4) is 0 Å². The monoisotopic (exact) mass is 646 g/mol. The van der Waals surface area contributed by atoms with Crippen LogP contribution >= 0.6 is 7.82 Å². The van der Waals surface area contributed by atoms with Gasteiger partial charge in [-0.05, 0) is 51.7 Å². The molecule has 0 aliphatic rings. The van der Waals surface area contributed by atoms with Crippen molar-refractivity contribution >= 4 is 7.82 Å². The molecule has 6 heteroatoms. The van der Waals surface area contributed by atoms with Gasteiger partial charge in [-0.25, -0.2) is 4.57 Å². The van der Waals surface area contributed by atoms with Crippen LogP contribution in [0.3, 0.4) is 0 Å². The molecule has 5 nitrogen and oxygen atoms in total. The minimum Gasteiger partial charge on any atom is -0.303 e. The molecule has 1 N–H and O–H groups in total. The summed E-state index contributed by atoms with van der Waals surface area (Å²) in [6.45, 7) is 11.4. The van der Waals surface area contributed by atoms with Crippen LogP contribution in [0.4, 0.5) is 0 Å². The number of phosphoric acid groups is 1. The van der Waals surface area contributed by atoms with Gasteiger partial charge < -0.3 is 9.79 Å². The summed E-state index contributed by atoms with van der Waals surface area (Å²) in [5.74, 6) is 0. The molecule has 0 aliphatic carbocycles. The fourth-order valence-corrected chi connectivity index (χ4v) is 6.85. The average Bonchev–Trinajstić information content (AvgIpc) is 3.01. The summed E-state index contributed by atoms with van der Waals surface area (Å²) in [4.78, 5) is 12.6. The Morgan fingerprint density at radius 3 is 0.886 bits per heavy atom. The third-order valence-electron chi connectivity index (χ3n) is 9.03. The molecule has 1 atom stereocenters. The van der Waals surface area contributed by atoms with Crippen LogP contribution in [-0.4, -0.2) is 42.6 Å². The average molecular weight is 646 g/mol. The molecule has 0 fully saturated rings. The number of hydrogen-bond acceptors (Lipinski definition) is 4. The van der Waals surface area contributed by atoms with Crippen LogP contribution in [0.2, 0.25) is 0 Å². The highest BCUT2D eigenvalue weighted by Gasteiger charge is 2.19. The summed E-state index contributed by atoms with van der Waals surface area (Å²) >= 11 is 0. The summed E-state index contributed by atoms with van der Waals surface area (Å²) in [5, 5.41) is 0. The van der Waals surface area contributed by atoms with E-state index < -0.39 is 7.82 Å². The van der Waals surface area contributed by atoms with Crippen LogP contribution in [0.1, 0.15) is 213 Å². The summed E-state index contributed by atoms with van der Waals surface area (Å²) in [7, 11) is -3.87. The second kappa shape index (κ2) is 35.9. The molecule has 266 valence electrons. The Kier molecular flexibility index (Phi) is 36.0. The Morgan fingerprint density at radius 2 is 0.614 bits per heavy atom. The highest BCUT2D eigenvalue weighted by molar-refractivity contribution is 7.47. The van der Waals surface area contributed by atoms with Crippen molar-refractivity contribution in [1.82, 2.24) is 4.90 Å². The minimum atomic E-state index is -3.87. The number of hydrogen-bond donors (Lipinski definition) is 1. The number of rotatable bonds is 38. The molecule has 0 aromatic heterocycles.